The predicted molar refractivity (Wildman–Crippen MR) is 70.0 cm³/mol. The number of aromatic nitrogens is 4. The van der Waals surface area contributed by atoms with Crippen LogP contribution >= 0.6 is 0 Å². The van der Waals surface area contributed by atoms with E-state index in [1.165, 1.54) is 11.6 Å². The van der Waals surface area contributed by atoms with Crippen molar-refractivity contribution in [2.45, 2.75) is 20.4 Å². The molecule has 0 unspecified atom stereocenters. The van der Waals surface area contributed by atoms with E-state index in [0.29, 0.717) is 17.1 Å². The van der Waals surface area contributed by atoms with Gasteiger partial charge < -0.3 is 4.52 Å². The van der Waals surface area contributed by atoms with Crippen LogP contribution in [0.2, 0.25) is 0 Å². The normalized spacial score (nSPS) is 12.2. The van der Waals surface area contributed by atoms with Crippen molar-refractivity contribution in [1.29, 1.82) is 0 Å². The zero-order valence-electron chi connectivity index (χ0n) is 11.5. The Balaban J connectivity index is 2.52. The molecule has 0 fully saturated rings. The van der Waals surface area contributed by atoms with Crippen molar-refractivity contribution < 1.29 is 12.9 Å². The summed E-state index contributed by atoms with van der Waals surface area (Å²) < 4.78 is 30.3. The fourth-order valence-electron chi connectivity index (χ4n) is 1.78. The second-order valence-electron chi connectivity index (χ2n) is 4.47. The van der Waals surface area contributed by atoms with Crippen LogP contribution in [0.25, 0.3) is 5.69 Å². The molecule has 1 N–H and O–H groups in total. The van der Waals surface area contributed by atoms with Gasteiger partial charge in [0.15, 0.2) is 11.6 Å². The smallest absolute Gasteiger partial charge is 0.348 e. The van der Waals surface area contributed by atoms with Crippen LogP contribution in [0.15, 0.2) is 9.32 Å². The molecular weight excluding hydrogens is 286 g/mol. The van der Waals surface area contributed by atoms with Crippen molar-refractivity contribution in [2.24, 2.45) is 0 Å². The zero-order valence-corrected chi connectivity index (χ0v) is 12.4. The molecular formula is C10H15N5O4S. The summed E-state index contributed by atoms with van der Waals surface area (Å²) in [6.45, 7) is 3.32. The van der Waals surface area contributed by atoms with Gasteiger partial charge in [0, 0.05) is 7.05 Å². The first-order valence-electron chi connectivity index (χ1n) is 5.72. The molecule has 0 saturated heterocycles. The van der Waals surface area contributed by atoms with Gasteiger partial charge in [-0.3, -0.25) is 0 Å². The van der Waals surface area contributed by atoms with E-state index in [-0.39, 0.29) is 12.4 Å². The number of rotatable bonds is 4. The third-order valence-electron chi connectivity index (χ3n) is 2.89. The lowest BCUT2D eigenvalue weighted by Gasteiger charge is -2.13. The van der Waals surface area contributed by atoms with Gasteiger partial charge in [-0.1, -0.05) is 5.16 Å². The van der Waals surface area contributed by atoms with E-state index in [1.807, 2.05) is 0 Å². The Bertz CT molecular complexity index is 765. The first-order chi connectivity index (χ1) is 9.21. The first kappa shape index (κ1) is 14.5. The van der Waals surface area contributed by atoms with Gasteiger partial charge in [0.25, 0.3) is 0 Å². The lowest BCUT2D eigenvalue weighted by Crippen LogP contribution is -2.28. The van der Waals surface area contributed by atoms with Crippen LogP contribution in [0, 0.1) is 13.8 Å². The Hall–Kier alpha value is -1.94. The molecule has 2 aromatic heterocycles. The number of hydrogen-bond donors (Lipinski definition) is 1. The Kier molecular flexibility index (Phi) is 3.52. The quantitative estimate of drug-likeness (QED) is 0.818. The molecule has 10 heteroatoms. The number of aromatic amines is 1. The molecule has 2 aromatic rings. The van der Waals surface area contributed by atoms with Crippen molar-refractivity contribution >= 4 is 10.0 Å². The molecule has 0 aromatic carbocycles. The highest BCUT2D eigenvalue weighted by Gasteiger charge is 2.21. The fourth-order valence-corrected chi connectivity index (χ4v) is 2.13. The maximum absolute atomic E-state index is 11.9. The molecule has 0 atom stereocenters. The molecule has 0 saturated carbocycles. The van der Waals surface area contributed by atoms with Crippen molar-refractivity contribution in [1.82, 2.24) is 24.2 Å². The largest absolute Gasteiger partial charge is 0.359 e. The molecule has 0 aliphatic carbocycles. The van der Waals surface area contributed by atoms with Crippen molar-refractivity contribution in [2.75, 3.05) is 13.3 Å². The number of nitrogens with zero attached hydrogens (tertiary/aromatic N) is 4. The van der Waals surface area contributed by atoms with E-state index >= 15 is 0 Å². The minimum atomic E-state index is -3.37. The first-order valence-corrected chi connectivity index (χ1v) is 7.57. The molecule has 0 aliphatic rings. The summed E-state index contributed by atoms with van der Waals surface area (Å²) in [5.41, 5.74) is 0.520. The maximum Gasteiger partial charge on any atom is 0.348 e. The third kappa shape index (κ3) is 2.51. The summed E-state index contributed by atoms with van der Waals surface area (Å²) >= 11 is 0. The summed E-state index contributed by atoms with van der Waals surface area (Å²) in [6, 6.07) is 0. The number of aryl methyl sites for hydroxylation is 2. The van der Waals surface area contributed by atoms with Gasteiger partial charge in [-0.15, -0.1) is 0 Å². The Labute approximate surface area is 115 Å². The Morgan fingerprint density at radius 3 is 2.55 bits per heavy atom. The SMILES string of the molecule is Cc1noc(C)c1-n1c(CN(C)S(C)(=O)=O)n[nH]c1=O. The molecule has 0 aliphatic heterocycles. The second kappa shape index (κ2) is 4.87. The lowest BCUT2D eigenvalue weighted by molar-refractivity contribution is 0.392. The zero-order chi connectivity index (χ0) is 15.1. The van der Waals surface area contributed by atoms with Gasteiger partial charge in [0.1, 0.15) is 11.4 Å². The van der Waals surface area contributed by atoms with Crippen molar-refractivity contribution in [3.8, 4) is 5.69 Å². The number of sulfonamides is 1. The maximum atomic E-state index is 11.9. The van der Waals surface area contributed by atoms with Crippen LogP contribution in [0.4, 0.5) is 0 Å². The van der Waals surface area contributed by atoms with Crippen LogP contribution in [0.1, 0.15) is 17.3 Å². The van der Waals surface area contributed by atoms with Gasteiger partial charge in [-0.2, -0.15) is 9.40 Å². The highest BCUT2D eigenvalue weighted by molar-refractivity contribution is 7.88. The van der Waals surface area contributed by atoms with Gasteiger partial charge in [0.2, 0.25) is 10.0 Å². The average molecular weight is 301 g/mol. The van der Waals surface area contributed by atoms with Gasteiger partial charge in [0.05, 0.1) is 12.8 Å². The molecule has 110 valence electrons. The van der Waals surface area contributed by atoms with E-state index in [2.05, 4.69) is 15.4 Å². The molecule has 0 amide bonds. The molecule has 2 heterocycles. The van der Waals surface area contributed by atoms with Gasteiger partial charge in [-0.25, -0.2) is 22.9 Å². The summed E-state index contributed by atoms with van der Waals surface area (Å²) in [7, 11) is -1.96. The average Bonchev–Trinajstić information content (AvgIpc) is 2.83. The van der Waals surface area contributed by atoms with E-state index < -0.39 is 15.7 Å². The van der Waals surface area contributed by atoms with Crippen LogP contribution in [-0.4, -0.2) is 45.9 Å². The minimum Gasteiger partial charge on any atom is -0.359 e. The summed E-state index contributed by atoms with van der Waals surface area (Å²) in [6.07, 6.45) is 1.08. The topological polar surface area (TPSA) is 114 Å². The summed E-state index contributed by atoms with van der Waals surface area (Å²) in [4.78, 5) is 11.9. The van der Waals surface area contributed by atoms with E-state index in [4.69, 9.17) is 4.52 Å². The predicted octanol–water partition coefficient (Wildman–Crippen LogP) is -0.443. The van der Waals surface area contributed by atoms with Crippen molar-refractivity contribution in [3.05, 3.63) is 27.8 Å². The lowest BCUT2D eigenvalue weighted by atomic mass is 10.3. The Morgan fingerprint density at radius 1 is 1.40 bits per heavy atom. The second-order valence-corrected chi connectivity index (χ2v) is 6.56. The highest BCUT2D eigenvalue weighted by atomic mass is 32.2. The Morgan fingerprint density at radius 2 is 2.05 bits per heavy atom. The summed E-state index contributed by atoms with van der Waals surface area (Å²) in [5, 5.41) is 9.93. The van der Waals surface area contributed by atoms with Crippen LogP contribution in [0.5, 0.6) is 0 Å². The van der Waals surface area contributed by atoms with Gasteiger partial charge in [-0.05, 0) is 13.8 Å². The molecule has 2 rings (SSSR count). The van der Waals surface area contributed by atoms with Crippen LogP contribution in [-0.2, 0) is 16.6 Å². The van der Waals surface area contributed by atoms with Crippen LogP contribution in [0.3, 0.4) is 0 Å². The fraction of sp³-hybridized carbons (Fsp3) is 0.500. The van der Waals surface area contributed by atoms with E-state index in [9.17, 15) is 13.2 Å². The molecule has 9 nitrogen and oxygen atoms in total. The van der Waals surface area contributed by atoms with Crippen molar-refractivity contribution in [3.63, 3.8) is 0 Å². The van der Waals surface area contributed by atoms with Gasteiger partial charge >= 0.3 is 5.69 Å². The third-order valence-corrected chi connectivity index (χ3v) is 4.15. The molecule has 0 bridgehead atoms. The standard InChI is InChI=1S/C10H15N5O4S/c1-6-9(7(2)19-13-6)15-8(11-12-10(15)16)5-14(3)20(4,17)18/h5H2,1-4H3,(H,12,16). The monoisotopic (exact) mass is 301 g/mol. The summed E-state index contributed by atoms with van der Waals surface area (Å²) in [5.74, 6) is 0.714. The molecule has 0 radical (unpaired) electrons. The molecule has 20 heavy (non-hydrogen) atoms. The number of hydrogen-bond acceptors (Lipinski definition) is 6. The van der Waals surface area contributed by atoms with E-state index in [1.54, 1.807) is 13.8 Å². The number of H-pyrrole nitrogens is 1. The highest BCUT2D eigenvalue weighted by Crippen LogP contribution is 2.18. The molecule has 0 spiro atoms. The van der Waals surface area contributed by atoms with Crippen LogP contribution < -0.4 is 5.69 Å². The number of nitrogens with one attached hydrogen (secondary N) is 1. The van der Waals surface area contributed by atoms with E-state index in [0.717, 1.165) is 10.6 Å². The minimum absolute atomic E-state index is 0.0400.